The molecule has 0 saturated carbocycles. The molecule has 1 aromatic carbocycles. The van der Waals surface area contributed by atoms with Crippen molar-refractivity contribution in [3.63, 3.8) is 0 Å². The summed E-state index contributed by atoms with van der Waals surface area (Å²) in [6.07, 6.45) is 0.817. The molecule has 19 heavy (non-hydrogen) atoms. The fourth-order valence-corrected chi connectivity index (χ4v) is 2.28. The van der Waals surface area contributed by atoms with Gasteiger partial charge < -0.3 is 5.11 Å². The molecule has 0 bridgehead atoms. The number of nitrogens with zero attached hydrogens (tertiary/aromatic N) is 2. The van der Waals surface area contributed by atoms with Gasteiger partial charge in [0.1, 0.15) is 10.9 Å². The van der Waals surface area contributed by atoms with Crippen molar-refractivity contribution in [2.24, 2.45) is 0 Å². The summed E-state index contributed by atoms with van der Waals surface area (Å²) in [5, 5.41) is 10.3. The molecule has 3 nitrogen and oxygen atoms in total. The van der Waals surface area contributed by atoms with Crippen molar-refractivity contribution in [3.8, 4) is 17.1 Å². The molecular weight excluding hydrogens is 260 g/mol. The molecule has 0 fully saturated rings. The predicted molar refractivity (Wildman–Crippen MR) is 77.7 cm³/mol. The number of benzene rings is 1. The summed E-state index contributed by atoms with van der Waals surface area (Å²) in [5.41, 5.74) is 4.39. The zero-order chi connectivity index (χ0) is 14.2. The molecule has 0 atom stereocenters. The van der Waals surface area contributed by atoms with Crippen LogP contribution in [0, 0.1) is 20.8 Å². The fourth-order valence-electron chi connectivity index (χ4n) is 2.09. The lowest BCUT2D eigenvalue weighted by atomic mass is 10.0. The monoisotopic (exact) mass is 276 g/mol. The summed E-state index contributed by atoms with van der Waals surface area (Å²) < 4.78 is 0. The van der Waals surface area contributed by atoms with Crippen molar-refractivity contribution in [1.29, 1.82) is 0 Å². The fraction of sp³-hybridized carbons (Fsp3) is 0.333. The second kappa shape index (κ2) is 5.17. The molecular formula is C15H17ClN2O. The van der Waals surface area contributed by atoms with E-state index in [1.54, 1.807) is 0 Å². The number of hydrogen-bond donors (Lipinski definition) is 1. The van der Waals surface area contributed by atoms with Crippen LogP contribution in [0.1, 0.15) is 29.3 Å². The minimum absolute atomic E-state index is 0.317. The lowest BCUT2D eigenvalue weighted by molar-refractivity contribution is 0.467. The lowest BCUT2D eigenvalue weighted by Crippen LogP contribution is -2.00. The Bertz CT molecular complexity index is 615. The average molecular weight is 277 g/mol. The van der Waals surface area contributed by atoms with Crippen LogP contribution >= 0.6 is 11.6 Å². The Hall–Kier alpha value is -1.61. The van der Waals surface area contributed by atoms with E-state index in [2.05, 4.69) is 9.97 Å². The first kappa shape index (κ1) is 13.8. The number of halogens is 1. The molecule has 0 radical (unpaired) electrons. The van der Waals surface area contributed by atoms with Gasteiger partial charge >= 0.3 is 0 Å². The Balaban J connectivity index is 2.62. The molecule has 1 N–H and O–H groups in total. The molecule has 2 aromatic rings. The molecule has 0 aliphatic rings. The van der Waals surface area contributed by atoms with Crippen molar-refractivity contribution >= 4 is 11.6 Å². The number of aromatic nitrogens is 2. The van der Waals surface area contributed by atoms with Crippen LogP contribution in [0.15, 0.2) is 12.1 Å². The number of rotatable bonds is 2. The van der Waals surface area contributed by atoms with Crippen molar-refractivity contribution < 1.29 is 5.11 Å². The number of hydrogen-bond acceptors (Lipinski definition) is 3. The highest BCUT2D eigenvalue weighted by Crippen LogP contribution is 2.29. The molecule has 0 unspecified atom stereocenters. The first-order chi connectivity index (χ1) is 8.93. The standard InChI is InChI=1S/C15H17ClN2O/c1-5-12-10(4)14(16)18-15(17-12)11-6-8(2)13(19)9(3)7-11/h6-7,19H,5H2,1-4H3. The van der Waals surface area contributed by atoms with Gasteiger partial charge in [-0.2, -0.15) is 0 Å². The summed E-state index contributed by atoms with van der Waals surface area (Å²) in [4.78, 5) is 8.89. The van der Waals surface area contributed by atoms with Crippen molar-refractivity contribution in [2.75, 3.05) is 0 Å². The molecule has 2 rings (SSSR count). The lowest BCUT2D eigenvalue weighted by Gasteiger charge is -2.10. The SMILES string of the molecule is CCc1nc(-c2cc(C)c(O)c(C)c2)nc(Cl)c1C. The third-order valence-electron chi connectivity index (χ3n) is 3.27. The maximum atomic E-state index is 9.81. The molecule has 1 aromatic heterocycles. The quantitative estimate of drug-likeness (QED) is 0.844. The normalized spacial score (nSPS) is 10.8. The van der Waals surface area contributed by atoms with Crippen molar-refractivity contribution in [3.05, 3.63) is 39.7 Å². The van der Waals surface area contributed by atoms with Crippen LogP contribution in [-0.4, -0.2) is 15.1 Å². The summed E-state index contributed by atoms with van der Waals surface area (Å²) >= 11 is 6.16. The summed E-state index contributed by atoms with van der Waals surface area (Å²) in [5.74, 6) is 0.927. The maximum absolute atomic E-state index is 9.81. The Morgan fingerprint density at radius 2 is 1.68 bits per heavy atom. The van der Waals surface area contributed by atoms with E-state index in [-0.39, 0.29) is 0 Å². The van der Waals surface area contributed by atoms with Gasteiger partial charge in [0.05, 0.1) is 0 Å². The molecule has 100 valence electrons. The number of phenols is 1. The third-order valence-corrected chi connectivity index (χ3v) is 3.64. The van der Waals surface area contributed by atoms with E-state index in [0.717, 1.165) is 34.4 Å². The Morgan fingerprint density at radius 1 is 1.11 bits per heavy atom. The van der Waals surface area contributed by atoms with Crippen LogP contribution < -0.4 is 0 Å². The van der Waals surface area contributed by atoms with E-state index in [1.807, 2.05) is 39.8 Å². The third kappa shape index (κ3) is 2.56. The second-order valence-corrected chi connectivity index (χ2v) is 5.08. The van der Waals surface area contributed by atoms with Gasteiger partial charge in [-0.3, -0.25) is 0 Å². The van der Waals surface area contributed by atoms with Crippen LogP contribution in [0.2, 0.25) is 5.15 Å². The van der Waals surface area contributed by atoms with E-state index in [4.69, 9.17) is 11.6 Å². The average Bonchev–Trinajstić information content (AvgIpc) is 2.38. The van der Waals surface area contributed by atoms with Gasteiger partial charge in [-0.05, 0) is 50.5 Å². The van der Waals surface area contributed by atoms with Gasteiger partial charge in [0.25, 0.3) is 0 Å². The van der Waals surface area contributed by atoms with Gasteiger partial charge in [-0.1, -0.05) is 18.5 Å². The zero-order valence-electron chi connectivity index (χ0n) is 11.6. The van der Waals surface area contributed by atoms with Crippen LogP contribution in [0.4, 0.5) is 0 Å². The van der Waals surface area contributed by atoms with Crippen LogP contribution in [0.25, 0.3) is 11.4 Å². The van der Waals surface area contributed by atoms with E-state index < -0.39 is 0 Å². The van der Waals surface area contributed by atoms with Gasteiger partial charge in [-0.25, -0.2) is 9.97 Å². The van der Waals surface area contributed by atoms with Gasteiger partial charge in [0.2, 0.25) is 0 Å². The minimum Gasteiger partial charge on any atom is -0.507 e. The van der Waals surface area contributed by atoms with Crippen molar-refractivity contribution in [1.82, 2.24) is 9.97 Å². The smallest absolute Gasteiger partial charge is 0.161 e. The van der Waals surface area contributed by atoms with Gasteiger partial charge in [0, 0.05) is 16.8 Å². The topological polar surface area (TPSA) is 46.0 Å². The Labute approximate surface area is 118 Å². The van der Waals surface area contributed by atoms with E-state index in [9.17, 15) is 5.11 Å². The summed E-state index contributed by atoms with van der Waals surface area (Å²) in [6.45, 7) is 7.70. The molecule has 0 aliphatic heterocycles. The predicted octanol–water partition coefficient (Wildman–Crippen LogP) is 3.99. The first-order valence-electron chi connectivity index (χ1n) is 6.27. The first-order valence-corrected chi connectivity index (χ1v) is 6.65. The van der Waals surface area contributed by atoms with E-state index in [1.165, 1.54) is 0 Å². The van der Waals surface area contributed by atoms with Crippen LogP contribution in [0.3, 0.4) is 0 Å². The highest BCUT2D eigenvalue weighted by molar-refractivity contribution is 6.30. The van der Waals surface area contributed by atoms with Crippen LogP contribution in [0.5, 0.6) is 5.75 Å². The minimum atomic E-state index is 0.317. The largest absolute Gasteiger partial charge is 0.507 e. The highest BCUT2D eigenvalue weighted by atomic mass is 35.5. The molecule has 0 spiro atoms. The van der Waals surface area contributed by atoms with Gasteiger partial charge in [0.15, 0.2) is 5.82 Å². The molecule has 0 aliphatic carbocycles. The maximum Gasteiger partial charge on any atom is 0.161 e. The molecule has 4 heteroatoms. The van der Waals surface area contributed by atoms with Crippen LogP contribution in [-0.2, 0) is 6.42 Å². The Morgan fingerprint density at radius 3 is 2.21 bits per heavy atom. The van der Waals surface area contributed by atoms with Gasteiger partial charge in [-0.15, -0.1) is 0 Å². The van der Waals surface area contributed by atoms with Crippen molar-refractivity contribution in [2.45, 2.75) is 34.1 Å². The summed E-state index contributed by atoms with van der Waals surface area (Å²) in [7, 11) is 0. The number of aryl methyl sites for hydroxylation is 3. The zero-order valence-corrected chi connectivity index (χ0v) is 12.3. The molecule has 0 saturated heterocycles. The Kier molecular flexibility index (Phi) is 3.76. The summed E-state index contributed by atoms with van der Waals surface area (Å²) in [6, 6.07) is 3.76. The van der Waals surface area contributed by atoms with E-state index >= 15 is 0 Å². The molecule has 0 amide bonds. The number of aromatic hydroxyl groups is 1. The molecule has 1 heterocycles. The number of phenolic OH excluding ortho intramolecular Hbond substituents is 1. The van der Waals surface area contributed by atoms with E-state index in [0.29, 0.717) is 16.7 Å². The highest BCUT2D eigenvalue weighted by Gasteiger charge is 2.12. The second-order valence-electron chi connectivity index (χ2n) is 4.72.